The molecule has 0 saturated carbocycles. The maximum atomic E-state index is 12.5. The number of hydrogen-bond acceptors (Lipinski definition) is 3. The first kappa shape index (κ1) is 13.6. The summed E-state index contributed by atoms with van der Waals surface area (Å²) < 4.78 is 5.81. The number of nitrogens with zero attached hydrogens (tertiary/aromatic N) is 2. The Kier molecular flexibility index (Phi) is 4.03. The first-order valence-corrected chi connectivity index (χ1v) is 7.49. The van der Waals surface area contributed by atoms with E-state index < -0.39 is 0 Å². The molecule has 1 aromatic carbocycles. The Balaban J connectivity index is 1.66. The topological polar surface area (TPSA) is 32.8 Å². The summed E-state index contributed by atoms with van der Waals surface area (Å²) in [6.07, 6.45) is 1.10. The van der Waals surface area contributed by atoms with Crippen LogP contribution in [0, 0.1) is 0 Å². The molecule has 1 fully saturated rings. The van der Waals surface area contributed by atoms with Crippen molar-refractivity contribution in [3.05, 3.63) is 35.4 Å². The maximum absolute atomic E-state index is 12.5. The van der Waals surface area contributed by atoms with E-state index in [1.54, 1.807) is 0 Å². The van der Waals surface area contributed by atoms with Crippen molar-refractivity contribution in [1.29, 1.82) is 0 Å². The fourth-order valence-corrected chi connectivity index (χ4v) is 3.07. The van der Waals surface area contributed by atoms with Crippen LogP contribution in [0.4, 0.5) is 0 Å². The molecule has 108 valence electrons. The lowest BCUT2D eigenvalue weighted by molar-refractivity contribution is -0.0391. The number of fused-ring (bicyclic) bond motifs is 1. The summed E-state index contributed by atoms with van der Waals surface area (Å²) in [6.45, 7) is 7.45. The van der Waals surface area contributed by atoms with Gasteiger partial charge in [0.15, 0.2) is 0 Å². The van der Waals surface area contributed by atoms with Gasteiger partial charge < -0.3 is 9.64 Å². The number of morpholine rings is 1. The minimum Gasteiger partial charge on any atom is -0.374 e. The summed E-state index contributed by atoms with van der Waals surface area (Å²) in [4.78, 5) is 16.8. The normalized spacial score (nSPS) is 23.8. The number of rotatable bonds is 3. The minimum atomic E-state index is 0.151. The van der Waals surface area contributed by atoms with Crippen LogP contribution in [-0.2, 0) is 11.2 Å². The molecule has 4 heteroatoms. The molecule has 2 aliphatic rings. The smallest absolute Gasteiger partial charge is 0.254 e. The maximum Gasteiger partial charge on any atom is 0.254 e. The summed E-state index contributed by atoms with van der Waals surface area (Å²) >= 11 is 0. The van der Waals surface area contributed by atoms with Gasteiger partial charge in [0.25, 0.3) is 5.91 Å². The third kappa shape index (κ3) is 2.72. The standard InChI is InChI=1S/C16H22N2O2/c1-2-17-9-10-20-14(11-17)12-18-8-7-13-5-3-4-6-15(13)16(18)19/h3-6,14H,2,7-12H2,1H3. The van der Waals surface area contributed by atoms with Crippen molar-refractivity contribution in [1.82, 2.24) is 9.80 Å². The van der Waals surface area contributed by atoms with E-state index in [1.165, 1.54) is 5.56 Å². The highest BCUT2D eigenvalue weighted by atomic mass is 16.5. The van der Waals surface area contributed by atoms with E-state index in [0.717, 1.165) is 44.8 Å². The number of carbonyl (C=O) groups is 1. The molecule has 1 amide bonds. The van der Waals surface area contributed by atoms with Gasteiger partial charge >= 0.3 is 0 Å². The average Bonchev–Trinajstić information content (AvgIpc) is 2.50. The van der Waals surface area contributed by atoms with Crippen LogP contribution in [0.15, 0.2) is 24.3 Å². The van der Waals surface area contributed by atoms with Crippen molar-refractivity contribution in [2.45, 2.75) is 19.4 Å². The molecule has 0 radical (unpaired) electrons. The van der Waals surface area contributed by atoms with Crippen molar-refractivity contribution >= 4 is 5.91 Å². The van der Waals surface area contributed by atoms with Gasteiger partial charge in [-0.2, -0.15) is 0 Å². The molecular formula is C16H22N2O2. The Hall–Kier alpha value is -1.39. The predicted octanol–water partition coefficient (Wildman–Crippen LogP) is 1.41. The van der Waals surface area contributed by atoms with E-state index in [2.05, 4.69) is 17.9 Å². The van der Waals surface area contributed by atoms with Gasteiger partial charge in [0.05, 0.1) is 12.7 Å². The van der Waals surface area contributed by atoms with E-state index in [9.17, 15) is 4.79 Å². The van der Waals surface area contributed by atoms with Crippen LogP contribution >= 0.6 is 0 Å². The molecule has 4 nitrogen and oxygen atoms in total. The predicted molar refractivity (Wildman–Crippen MR) is 77.9 cm³/mol. The van der Waals surface area contributed by atoms with Gasteiger partial charge in [-0.15, -0.1) is 0 Å². The monoisotopic (exact) mass is 274 g/mol. The average molecular weight is 274 g/mol. The summed E-state index contributed by atoms with van der Waals surface area (Å²) in [5.41, 5.74) is 2.04. The Morgan fingerprint density at radius 3 is 3.00 bits per heavy atom. The van der Waals surface area contributed by atoms with Gasteiger partial charge in [0.2, 0.25) is 0 Å². The van der Waals surface area contributed by atoms with E-state index in [-0.39, 0.29) is 12.0 Å². The molecule has 0 N–H and O–H groups in total. The number of ether oxygens (including phenoxy) is 1. The fourth-order valence-electron chi connectivity index (χ4n) is 3.07. The van der Waals surface area contributed by atoms with Crippen molar-refractivity contribution < 1.29 is 9.53 Å². The van der Waals surface area contributed by atoms with Crippen molar-refractivity contribution in [3.63, 3.8) is 0 Å². The number of likely N-dealkylation sites (N-methyl/N-ethyl adjacent to an activating group) is 1. The molecule has 3 rings (SSSR count). The van der Waals surface area contributed by atoms with Crippen molar-refractivity contribution in [2.75, 3.05) is 39.3 Å². The first-order valence-electron chi connectivity index (χ1n) is 7.49. The largest absolute Gasteiger partial charge is 0.374 e. The molecule has 2 aliphatic heterocycles. The Morgan fingerprint density at radius 1 is 1.30 bits per heavy atom. The summed E-state index contributed by atoms with van der Waals surface area (Å²) in [5, 5.41) is 0. The molecule has 0 aliphatic carbocycles. The van der Waals surface area contributed by atoms with E-state index >= 15 is 0 Å². The van der Waals surface area contributed by atoms with Gasteiger partial charge in [-0.3, -0.25) is 9.69 Å². The lowest BCUT2D eigenvalue weighted by Crippen LogP contribution is -2.50. The van der Waals surface area contributed by atoms with Gasteiger partial charge in [0, 0.05) is 31.7 Å². The molecule has 0 bridgehead atoms. The molecule has 2 heterocycles. The summed E-state index contributed by atoms with van der Waals surface area (Å²) in [5.74, 6) is 0.157. The molecule has 1 aromatic rings. The molecule has 0 spiro atoms. The van der Waals surface area contributed by atoms with Crippen molar-refractivity contribution in [2.24, 2.45) is 0 Å². The highest BCUT2D eigenvalue weighted by Crippen LogP contribution is 2.19. The quantitative estimate of drug-likeness (QED) is 0.835. The number of hydrogen-bond donors (Lipinski definition) is 0. The SMILES string of the molecule is CCN1CCOC(CN2CCc3ccccc3C2=O)C1. The van der Waals surface area contributed by atoms with Gasteiger partial charge in [0.1, 0.15) is 0 Å². The zero-order valence-electron chi connectivity index (χ0n) is 12.0. The van der Waals surface area contributed by atoms with E-state index in [0.29, 0.717) is 6.54 Å². The van der Waals surface area contributed by atoms with Gasteiger partial charge in [-0.1, -0.05) is 25.1 Å². The Morgan fingerprint density at radius 2 is 2.15 bits per heavy atom. The van der Waals surface area contributed by atoms with E-state index in [4.69, 9.17) is 4.74 Å². The van der Waals surface area contributed by atoms with Gasteiger partial charge in [-0.05, 0) is 24.6 Å². The Bertz CT molecular complexity index is 489. The lowest BCUT2D eigenvalue weighted by atomic mass is 9.99. The summed E-state index contributed by atoms with van der Waals surface area (Å²) in [6, 6.07) is 7.94. The molecule has 20 heavy (non-hydrogen) atoms. The molecular weight excluding hydrogens is 252 g/mol. The Labute approximate surface area is 120 Å². The van der Waals surface area contributed by atoms with Crippen LogP contribution in [-0.4, -0.2) is 61.1 Å². The second kappa shape index (κ2) is 5.94. The second-order valence-corrected chi connectivity index (χ2v) is 5.54. The zero-order valence-corrected chi connectivity index (χ0v) is 12.0. The van der Waals surface area contributed by atoms with Crippen LogP contribution in [0.25, 0.3) is 0 Å². The van der Waals surface area contributed by atoms with Crippen LogP contribution in [0.1, 0.15) is 22.8 Å². The first-order chi connectivity index (χ1) is 9.78. The number of amides is 1. The number of carbonyl (C=O) groups excluding carboxylic acids is 1. The summed E-state index contributed by atoms with van der Waals surface area (Å²) in [7, 11) is 0. The molecule has 0 aromatic heterocycles. The third-order valence-corrected chi connectivity index (χ3v) is 4.28. The highest BCUT2D eigenvalue weighted by molar-refractivity contribution is 5.96. The fraction of sp³-hybridized carbons (Fsp3) is 0.562. The highest BCUT2D eigenvalue weighted by Gasteiger charge is 2.28. The lowest BCUT2D eigenvalue weighted by Gasteiger charge is -2.36. The van der Waals surface area contributed by atoms with Gasteiger partial charge in [-0.25, -0.2) is 0 Å². The van der Waals surface area contributed by atoms with E-state index in [1.807, 2.05) is 23.1 Å². The van der Waals surface area contributed by atoms with Crippen LogP contribution in [0.5, 0.6) is 0 Å². The van der Waals surface area contributed by atoms with Crippen LogP contribution < -0.4 is 0 Å². The molecule has 1 unspecified atom stereocenters. The van der Waals surface area contributed by atoms with Crippen LogP contribution in [0.2, 0.25) is 0 Å². The second-order valence-electron chi connectivity index (χ2n) is 5.54. The third-order valence-electron chi connectivity index (χ3n) is 4.28. The minimum absolute atomic E-state index is 0.151. The number of benzene rings is 1. The van der Waals surface area contributed by atoms with Crippen molar-refractivity contribution in [3.8, 4) is 0 Å². The molecule has 1 atom stereocenters. The zero-order chi connectivity index (χ0) is 13.9. The van der Waals surface area contributed by atoms with Crippen LogP contribution in [0.3, 0.4) is 0 Å². The molecule has 1 saturated heterocycles.